The fourth-order valence-electron chi connectivity index (χ4n) is 9.63. The number of hydrogen-bond donors (Lipinski definition) is 6. The van der Waals surface area contributed by atoms with E-state index in [4.69, 9.17) is 0 Å². The Morgan fingerprint density at radius 1 is 0.244 bits per heavy atom. The van der Waals surface area contributed by atoms with E-state index in [-0.39, 0.29) is 39.6 Å². The van der Waals surface area contributed by atoms with Gasteiger partial charge in [0.05, 0.1) is 0 Å². The van der Waals surface area contributed by atoms with Gasteiger partial charge in [-0.2, -0.15) is 0 Å². The maximum absolute atomic E-state index is 10.6. The lowest BCUT2D eigenvalue weighted by Crippen LogP contribution is -2.56. The average Bonchev–Trinajstić information content (AvgIpc) is 3.02. The molecule has 0 heterocycles. The van der Waals surface area contributed by atoms with Crippen LogP contribution in [-0.4, -0.2) is 70.3 Å². The van der Waals surface area contributed by atoms with E-state index in [0.717, 1.165) is 38.5 Å². The van der Waals surface area contributed by atoms with Crippen LogP contribution in [-0.2, 0) is 0 Å². The maximum atomic E-state index is 10.6. The maximum Gasteiger partial charge on any atom is 0.0436 e. The molecule has 0 atom stereocenters. The molecule has 45 heavy (non-hydrogen) atoms. The highest BCUT2D eigenvalue weighted by molar-refractivity contribution is 5.08. The van der Waals surface area contributed by atoms with Gasteiger partial charge in [-0.1, -0.05) is 141 Å². The highest BCUT2D eigenvalue weighted by Gasteiger charge is 2.59. The molecule has 0 aromatic heterocycles. The Labute approximate surface area is 278 Å². The van der Waals surface area contributed by atoms with E-state index in [1.54, 1.807) is 0 Å². The van der Waals surface area contributed by atoms with Crippen molar-refractivity contribution in [1.29, 1.82) is 0 Å². The molecule has 0 aromatic carbocycles. The molecule has 0 unspecified atom stereocenters. The first-order valence-corrected chi connectivity index (χ1v) is 19.7. The standard InChI is InChI=1S/C39H78O6/c40-31-25-37(26-32-41)23-21-19-17-15-13-11-9-7-5-3-1-2-4-6-8-10-12-14-16-18-20-22-24-38(27-33-42,28-34-43)39(37,29-35-44)30-36-45/h40-45H,1-36H2. The Morgan fingerprint density at radius 3 is 0.600 bits per heavy atom. The van der Waals surface area contributed by atoms with Crippen LogP contribution < -0.4 is 0 Å². The molecule has 0 radical (unpaired) electrons. The first-order chi connectivity index (χ1) is 22.1. The number of aliphatic hydroxyl groups is 6. The zero-order chi connectivity index (χ0) is 33.0. The van der Waals surface area contributed by atoms with Crippen molar-refractivity contribution < 1.29 is 30.6 Å². The molecule has 0 amide bonds. The van der Waals surface area contributed by atoms with Gasteiger partial charge in [-0.3, -0.25) is 0 Å². The lowest BCUT2D eigenvalue weighted by atomic mass is 9.42. The topological polar surface area (TPSA) is 121 Å². The van der Waals surface area contributed by atoms with Crippen molar-refractivity contribution in [2.75, 3.05) is 39.6 Å². The molecular formula is C39H78O6. The van der Waals surface area contributed by atoms with E-state index in [1.165, 1.54) is 116 Å². The number of hydrogen-bond acceptors (Lipinski definition) is 6. The van der Waals surface area contributed by atoms with Crippen LogP contribution in [0.15, 0.2) is 0 Å². The first kappa shape index (κ1) is 42.8. The molecule has 0 aliphatic heterocycles. The summed E-state index contributed by atoms with van der Waals surface area (Å²) in [5.41, 5.74) is -1.63. The zero-order valence-electron chi connectivity index (χ0n) is 29.6. The molecule has 0 bridgehead atoms. The largest absolute Gasteiger partial charge is 0.396 e. The summed E-state index contributed by atoms with van der Waals surface area (Å²) in [5.74, 6) is 0. The second-order valence-corrected chi connectivity index (χ2v) is 14.8. The van der Waals surface area contributed by atoms with Crippen LogP contribution in [0.5, 0.6) is 0 Å². The molecule has 1 aliphatic rings. The minimum Gasteiger partial charge on any atom is -0.396 e. The van der Waals surface area contributed by atoms with E-state index in [2.05, 4.69) is 0 Å². The number of rotatable bonds is 12. The average molecular weight is 643 g/mol. The van der Waals surface area contributed by atoms with Gasteiger partial charge in [0.2, 0.25) is 0 Å². The molecule has 0 saturated heterocycles. The van der Waals surface area contributed by atoms with Gasteiger partial charge in [-0.05, 0) is 67.6 Å². The second kappa shape index (κ2) is 27.7. The summed E-state index contributed by atoms with van der Waals surface area (Å²) in [4.78, 5) is 0. The highest BCUT2D eigenvalue weighted by Crippen LogP contribution is 2.65. The van der Waals surface area contributed by atoms with Crippen molar-refractivity contribution in [3.8, 4) is 0 Å². The first-order valence-electron chi connectivity index (χ1n) is 19.7. The Morgan fingerprint density at radius 2 is 0.422 bits per heavy atom. The predicted octanol–water partition coefficient (Wildman–Crippen LogP) is 8.62. The van der Waals surface area contributed by atoms with Gasteiger partial charge >= 0.3 is 0 Å². The third-order valence-electron chi connectivity index (χ3n) is 12.0. The van der Waals surface area contributed by atoms with Crippen LogP contribution in [0.25, 0.3) is 0 Å². The smallest absolute Gasteiger partial charge is 0.0436 e. The minimum atomic E-state index is -0.621. The van der Waals surface area contributed by atoms with Crippen molar-refractivity contribution in [1.82, 2.24) is 0 Å². The summed E-state index contributed by atoms with van der Waals surface area (Å²) < 4.78 is 0. The fourth-order valence-corrected chi connectivity index (χ4v) is 9.63. The Balaban J connectivity index is 3.27. The van der Waals surface area contributed by atoms with Crippen molar-refractivity contribution in [3.05, 3.63) is 0 Å². The fraction of sp³-hybridized carbons (Fsp3) is 1.00. The van der Waals surface area contributed by atoms with E-state index in [0.29, 0.717) is 38.5 Å². The Hall–Kier alpha value is -0.240. The van der Waals surface area contributed by atoms with Gasteiger partial charge < -0.3 is 30.6 Å². The van der Waals surface area contributed by atoms with E-state index >= 15 is 0 Å². The summed E-state index contributed by atoms with van der Waals surface area (Å²) in [6.45, 7) is -0.200. The summed E-state index contributed by atoms with van der Waals surface area (Å²) >= 11 is 0. The van der Waals surface area contributed by atoms with E-state index < -0.39 is 16.2 Å². The molecule has 6 nitrogen and oxygen atoms in total. The van der Waals surface area contributed by atoms with Crippen LogP contribution in [0, 0.1) is 16.2 Å². The van der Waals surface area contributed by atoms with Gasteiger partial charge in [0.1, 0.15) is 0 Å². The third-order valence-corrected chi connectivity index (χ3v) is 12.0. The second-order valence-electron chi connectivity index (χ2n) is 14.8. The zero-order valence-corrected chi connectivity index (χ0v) is 29.6. The van der Waals surface area contributed by atoms with Crippen LogP contribution >= 0.6 is 0 Å². The minimum absolute atomic E-state index is 0.0209. The van der Waals surface area contributed by atoms with Gasteiger partial charge in [0.25, 0.3) is 0 Å². The quantitative estimate of drug-likeness (QED) is 0.127. The lowest BCUT2D eigenvalue weighted by molar-refractivity contribution is -0.159. The summed E-state index contributed by atoms with van der Waals surface area (Å²) in [5, 5.41) is 63.1. The monoisotopic (exact) mass is 643 g/mol. The van der Waals surface area contributed by atoms with Crippen LogP contribution in [0.1, 0.15) is 193 Å². The van der Waals surface area contributed by atoms with E-state index in [9.17, 15) is 30.6 Å². The van der Waals surface area contributed by atoms with Crippen LogP contribution in [0.3, 0.4) is 0 Å². The van der Waals surface area contributed by atoms with Crippen molar-refractivity contribution in [2.45, 2.75) is 193 Å². The molecule has 0 aromatic rings. The van der Waals surface area contributed by atoms with Gasteiger partial charge in [-0.15, -0.1) is 0 Å². The molecule has 1 rings (SSSR count). The Kier molecular flexibility index (Phi) is 26.3. The molecule has 0 spiro atoms. The lowest BCUT2D eigenvalue weighted by Gasteiger charge is -2.62. The van der Waals surface area contributed by atoms with E-state index in [1.807, 2.05) is 0 Å². The highest BCUT2D eigenvalue weighted by atomic mass is 16.3. The third kappa shape index (κ3) is 15.2. The molecule has 270 valence electrons. The van der Waals surface area contributed by atoms with Crippen molar-refractivity contribution in [2.24, 2.45) is 16.2 Å². The molecule has 6 heteroatoms. The molecule has 1 fully saturated rings. The summed E-state index contributed by atoms with van der Waals surface area (Å²) in [6, 6.07) is 0. The van der Waals surface area contributed by atoms with Crippen LogP contribution in [0.4, 0.5) is 0 Å². The summed E-state index contributed by atoms with van der Waals surface area (Å²) in [7, 11) is 0. The van der Waals surface area contributed by atoms with Crippen LogP contribution in [0.2, 0.25) is 0 Å². The van der Waals surface area contributed by atoms with Gasteiger partial charge in [-0.25, -0.2) is 0 Å². The summed E-state index contributed by atoms with van der Waals surface area (Å²) in [6.07, 6.45) is 32.5. The molecule has 1 aliphatic carbocycles. The molecular weight excluding hydrogens is 564 g/mol. The van der Waals surface area contributed by atoms with Crippen molar-refractivity contribution >= 4 is 0 Å². The molecule has 1 saturated carbocycles. The molecule has 6 N–H and O–H groups in total. The van der Waals surface area contributed by atoms with Gasteiger partial charge in [0.15, 0.2) is 0 Å². The Bertz CT molecular complexity index is 575. The predicted molar refractivity (Wildman–Crippen MR) is 188 cm³/mol. The number of aliphatic hydroxyl groups excluding tert-OH is 6. The van der Waals surface area contributed by atoms with Crippen molar-refractivity contribution in [3.63, 3.8) is 0 Å². The SMILES string of the molecule is OCCC1(CCO)CCCCCCCCCCCCCCCCCCCCCCCCC(CCO)(CCO)C1(CCO)CCO. The van der Waals surface area contributed by atoms with Gasteiger partial charge in [0, 0.05) is 39.6 Å². The normalized spacial score (nSPS) is 22.8.